The van der Waals surface area contributed by atoms with Gasteiger partial charge in [-0.05, 0) is 44.0 Å². The van der Waals surface area contributed by atoms with E-state index in [1.165, 1.54) is 0 Å². The topological polar surface area (TPSA) is 56.0 Å². The van der Waals surface area contributed by atoms with Gasteiger partial charge in [0.1, 0.15) is 5.78 Å². The Kier molecular flexibility index (Phi) is 4.14. The van der Waals surface area contributed by atoms with Crippen LogP contribution in [0.25, 0.3) is 11.4 Å². The second-order valence-electron chi connectivity index (χ2n) is 4.64. The van der Waals surface area contributed by atoms with Gasteiger partial charge in [0.15, 0.2) is 0 Å². The van der Waals surface area contributed by atoms with Crippen LogP contribution in [-0.4, -0.2) is 15.9 Å². The monoisotopic (exact) mass is 322 g/mol. The number of nitrogens with zero attached hydrogens (tertiary/aromatic N) is 2. The highest BCUT2D eigenvalue weighted by Gasteiger charge is 2.11. The summed E-state index contributed by atoms with van der Waals surface area (Å²) in [5.74, 6) is 1.19. The molecule has 0 fully saturated rings. The molecule has 0 aliphatic rings. The summed E-state index contributed by atoms with van der Waals surface area (Å²) in [7, 11) is 0. The van der Waals surface area contributed by atoms with Crippen LogP contribution in [0.15, 0.2) is 21.1 Å². The standard InChI is InChI=1S/C14H15BrN2O2/c1-8-6-11(7-9(2)13(8)15)14-16-12(19-17-14)5-4-10(3)18/h6-7H,4-5H2,1-3H3. The Bertz CT molecular complexity index is 597. The van der Waals surface area contributed by atoms with Crippen LogP contribution in [0.1, 0.15) is 30.4 Å². The van der Waals surface area contributed by atoms with Gasteiger partial charge in [-0.3, -0.25) is 0 Å². The number of benzene rings is 1. The Morgan fingerprint density at radius 1 is 1.32 bits per heavy atom. The minimum Gasteiger partial charge on any atom is -0.339 e. The fraction of sp³-hybridized carbons (Fsp3) is 0.357. The molecule has 2 aromatic rings. The minimum absolute atomic E-state index is 0.120. The summed E-state index contributed by atoms with van der Waals surface area (Å²) >= 11 is 3.53. The summed E-state index contributed by atoms with van der Waals surface area (Å²) in [4.78, 5) is 15.2. The number of rotatable bonds is 4. The van der Waals surface area contributed by atoms with Crippen molar-refractivity contribution in [2.24, 2.45) is 0 Å². The van der Waals surface area contributed by atoms with Crippen molar-refractivity contribution in [3.63, 3.8) is 0 Å². The Hall–Kier alpha value is -1.49. The first-order valence-corrected chi connectivity index (χ1v) is 6.86. The normalized spacial score (nSPS) is 10.7. The van der Waals surface area contributed by atoms with Crippen LogP contribution in [0.3, 0.4) is 0 Å². The van der Waals surface area contributed by atoms with Crippen molar-refractivity contribution in [2.45, 2.75) is 33.6 Å². The highest BCUT2D eigenvalue weighted by atomic mass is 79.9. The summed E-state index contributed by atoms with van der Waals surface area (Å²) in [6.07, 6.45) is 0.927. The van der Waals surface area contributed by atoms with E-state index < -0.39 is 0 Å². The third-order valence-corrected chi connectivity index (χ3v) is 4.10. The van der Waals surface area contributed by atoms with E-state index in [9.17, 15) is 4.79 Å². The second-order valence-corrected chi connectivity index (χ2v) is 5.43. The molecule has 0 spiro atoms. The molecule has 0 N–H and O–H groups in total. The molecule has 0 radical (unpaired) electrons. The van der Waals surface area contributed by atoms with Crippen LogP contribution in [0.5, 0.6) is 0 Å². The largest absolute Gasteiger partial charge is 0.339 e. The average molecular weight is 323 g/mol. The van der Waals surface area contributed by atoms with E-state index in [4.69, 9.17) is 4.52 Å². The zero-order valence-corrected chi connectivity index (χ0v) is 12.7. The molecule has 0 aliphatic heterocycles. The van der Waals surface area contributed by atoms with Crippen molar-refractivity contribution in [2.75, 3.05) is 0 Å². The molecule has 0 unspecified atom stereocenters. The summed E-state index contributed by atoms with van der Waals surface area (Å²) in [6, 6.07) is 4.02. The number of aryl methyl sites for hydroxylation is 3. The summed E-state index contributed by atoms with van der Waals surface area (Å²) in [5, 5.41) is 3.96. The van der Waals surface area contributed by atoms with E-state index in [2.05, 4.69) is 26.1 Å². The van der Waals surface area contributed by atoms with E-state index in [0.29, 0.717) is 24.6 Å². The summed E-state index contributed by atoms with van der Waals surface area (Å²) in [6.45, 7) is 5.60. The van der Waals surface area contributed by atoms with Gasteiger partial charge in [-0.15, -0.1) is 0 Å². The van der Waals surface area contributed by atoms with Crippen LogP contribution in [0.2, 0.25) is 0 Å². The lowest BCUT2D eigenvalue weighted by Crippen LogP contribution is -1.94. The van der Waals surface area contributed by atoms with Gasteiger partial charge in [0, 0.05) is 22.9 Å². The summed E-state index contributed by atoms with van der Waals surface area (Å²) in [5.41, 5.74) is 3.19. The molecule has 0 amide bonds. The molecule has 19 heavy (non-hydrogen) atoms. The van der Waals surface area contributed by atoms with E-state index in [1.807, 2.05) is 26.0 Å². The summed E-state index contributed by atoms with van der Waals surface area (Å²) < 4.78 is 6.25. The van der Waals surface area contributed by atoms with Gasteiger partial charge in [0.25, 0.3) is 0 Å². The maximum atomic E-state index is 10.9. The van der Waals surface area contributed by atoms with Crippen molar-refractivity contribution in [3.8, 4) is 11.4 Å². The van der Waals surface area contributed by atoms with Gasteiger partial charge in [-0.25, -0.2) is 0 Å². The first kappa shape index (κ1) is 13.9. The maximum Gasteiger partial charge on any atom is 0.227 e. The first-order valence-electron chi connectivity index (χ1n) is 6.06. The Labute approximate surface area is 120 Å². The Balaban J connectivity index is 2.25. The Morgan fingerprint density at radius 3 is 2.53 bits per heavy atom. The fourth-order valence-electron chi connectivity index (χ4n) is 1.83. The fourth-order valence-corrected chi connectivity index (χ4v) is 2.06. The number of aromatic nitrogens is 2. The quantitative estimate of drug-likeness (QED) is 0.862. The van der Waals surface area contributed by atoms with Crippen molar-refractivity contribution < 1.29 is 9.32 Å². The molecule has 2 rings (SSSR count). The molecule has 0 atom stereocenters. The van der Waals surface area contributed by atoms with Gasteiger partial charge in [0.05, 0.1) is 0 Å². The molecule has 0 aliphatic carbocycles. The first-order chi connectivity index (χ1) is 8.97. The SMILES string of the molecule is CC(=O)CCc1nc(-c2cc(C)c(Br)c(C)c2)no1. The number of halogens is 1. The van der Waals surface area contributed by atoms with Crippen molar-refractivity contribution in [3.05, 3.63) is 33.6 Å². The van der Waals surface area contributed by atoms with Crippen molar-refractivity contribution in [1.82, 2.24) is 10.1 Å². The lowest BCUT2D eigenvalue weighted by molar-refractivity contribution is -0.117. The van der Waals surface area contributed by atoms with Crippen LogP contribution in [0, 0.1) is 13.8 Å². The number of ketones is 1. The molecular formula is C14H15BrN2O2. The highest BCUT2D eigenvalue weighted by molar-refractivity contribution is 9.10. The van der Waals surface area contributed by atoms with E-state index in [1.54, 1.807) is 6.92 Å². The number of carbonyl (C=O) groups is 1. The maximum absolute atomic E-state index is 10.9. The molecule has 0 saturated carbocycles. The van der Waals surface area contributed by atoms with E-state index >= 15 is 0 Å². The lowest BCUT2D eigenvalue weighted by Gasteiger charge is -2.04. The van der Waals surface area contributed by atoms with Gasteiger partial charge in [-0.2, -0.15) is 4.98 Å². The molecular weight excluding hydrogens is 308 g/mol. The third kappa shape index (κ3) is 3.29. The zero-order valence-electron chi connectivity index (χ0n) is 11.2. The predicted octanol–water partition coefficient (Wildman–Crippen LogP) is 3.64. The molecule has 5 heteroatoms. The van der Waals surface area contributed by atoms with Crippen LogP contribution < -0.4 is 0 Å². The minimum atomic E-state index is 0.120. The molecule has 1 heterocycles. The Morgan fingerprint density at radius 2 is 1.95 bits per heavy atom. The molecule has 0 bridgehead atoms. The lowest BCUT2D eigenvalue weighted by atomic mass is 10.1. The molecule has 1 aromatic heterocycles. The van der Waals surface area contributed by atoms with Gasteiger partial charge in [0.2, 0.25) is 11.7 Å². The van der Waals surface area contributed by atoms with E-state index in [-0.39, 0.29) is 5.78 Å². The molecule has 100 valence electrons. The third-order valence-electron chi connectivity index (χ3n) is 2.85. The van der Waals surface area contributed by atoms with Crippen molar-refractivity contribution >= 4 is 21.7 Å². The van der Waals surface area contributed by atoms with Gasteiger partial charge in [-0.1, -0.05) is 21.1 Å². The highest BCUT2D eigenvalue weighted by Crippen LogP contribution is 2.27. The number of carbonyl (C=O) groups excluding carboxylic acids is 1. The zero-order chi connectivity index (χ0) is 14.0. The molecule has 0 saturated heterocycles. The second kappa shape index (κ2) is 5.65. The van der Waals surface area contributed by atoms with E-state index in [0.717, 1.165) is 21.2 Å². The number of hydrogen-bond donors (Lipinski definition) is 0. The smallest absolute Gasteiger partial charge is 0.227 e. The predicted molar refractivity (Wildman–Crippen MR) is 75.9 cm³/mol. The average Bonchev–Trinajstić information content (AvgIpc) is 2.81. The van der Waals surface area contributed by atoms with Crippen LogP contribution in [-0.2, 0) is 11.2 Å². The molecule has 4 nitrogen and oxygen atoms in total. The number of Topliss-reactive ketones (excluding diaryl/α,β-unsaturated/α-hetero) is 1. The van der Waals surface area contributed by atoms with Crippen molar-refractivity contribution in [1.29, 1.82) is 0 Å². The van der Waals surface area contributed by atoms with Crippen LogP contribution >= 0.6 is 15.9 Å². The number of hydrogen-bond acceptors (Lipinski definition) is 4. The van der Waals surface area contributed by atoms with Crippen LogP contribution in [0.4, 0.5) is 0 Å². The van der Waals surface area contributed by atoms with Gasteiger partial charge < -0.3 is 9.32 Å². The molecule has 1 aromatic carbocycles. The van der Waals surface area contributed by atoms with Gasteiger partial charge >= 0.3 is 0 Å².